The fourth-order valence-electron chi connectivity index (χ4n) is 5.14. The zero-order chi connectivity index (χ0) is 20.1. The minimum atomic E-state index is -1.78. The van der Waals surface area contributed by atoms with Crippen molar-refractivity contribution in [2.45, 2.75) is 116 Å². The molecule has 0 saturated carbocycles. The predicted octanol–water partition coefficient (Wildman–Crippen LogP) is 6.08. The van der Waals surface area contributed by atoms with E-state index >= 15 is 0 Å². The van der Waals surface area contributed by atoms with Gasteiger partial charge in [0.25, 0.3) is 0 Å². The molecule has 0 unspecified atom stereocenters. The van der Waals surface area contributed by atoms with Crippen LogP contribution in [-0.2, 0) is 9.16 Å². The first kappa shape index (κ1) is 23.9. The van der Waals surface area contributed by atoms with Gasteiger partial charge in [-0.1, -0.05) is 54.5 Å². The largest absolute Gasteiger partial charge is 0.416 e. The van der Waals surface area contributed by atoms with Gasteiger partial charge in [0, 0.05) is 6.61 Å². The van der Waals surface area contributed by atoms with Crippen molar-refractivity contribution < 1.29 is 14.3 Å². The molecule has 0 spiro atoms. The summed E-state index contributed by atoms with van der Waals surface area (Å²) in [6.45, 7) is 22.9. The third-order valence-electron chi connectivity index (χ3n) is 6.60. The van der Waals surface area contributed by atoms with Gasteiger partial charge in [-0.2, -0.15) is 0 Å². The summed E-state index contributed by atoms with van der Waals surface area (Å²) in [4.78, 5) is 0. The first-order valence-corrected chi connectivity index (χ1v) is 12.8. The average molecular weight is 385 g/mol. The molecule has 1 N–H and O–H groups in total. The van der Waals surface area contributed by atoms with Gasteiger partial charge in [-0.05, 0) is 55.1 Å². The Balaban J connectivity index is 2.64. The van der Waals surface area contributed by atoms with Gasteiger partial charge in [-0.3, -0.25) is 0 Å². The highest BCUT2D eigenvalue weighted by atomic mass is 28.4. The summed E-state index contributed by atoms with van der Waals surface area (Å²) in [6.07, 6.45) is 5.16. The van der Waals surface area contributed by atoms with Gasteiger partial charge in [0.15, 0.2) is 8.32 Å². The molecule has 1 saturated heterocycles. The maximum Gasteiger partial charge on any atom is 0.200 e. The van der Waals surface area contributed by atoms with E-state index < -0.39 is 20.0 Å². The molecule has 1 fully saturated rings. The number of hydrogen-bond acceptors (Lipinski definition) is 3. The van der Waals surface area contributed by atoms with E-state index in [4.69, 9.17) is 9.16 Å². The highest BCUT2D eigenvalue weighted by Gasteiger charge is 2.45. The molecule has 1 heterocycles. The van der Waals surface area contributed by atoms with Crippen LogP contribution in [0, 0.1) is 5.92 Å². The number of ether oxygens (including phenoxy) is 1. The van der Waals surface area contributed by atoms with Crippen LogP contribution in [0.25, 0.3) is 0 Å². The highest BCUT2D eigenvalue weighted by molar-refractivity contribution is 6.77. The normalized spacial score (nSPS) is 30.4. The smallest absolute Gasteiger partial charge is 0.200 e. The molecule has 0 aliphatic carbocycles. The fourth-order valence-corrected chi connectivity index (χ4v) is 10.6. The van der Waals surface area contributed by atoms with E-state index in [1.54, 1.807) is 0 Å². The third-order valence-corrected chi connectivity index (χ3v) is 12.7. The van der Waals surface area contributed by atoms with Crippen molar-refractivity contribution in [2.24, 2.45) is 5.92 Å². The van der Waals surface area contributed by atoms with E-state index in [1.807, 2.05) is 13.0 Å². The van der Waals surface area contributed by atoms with Crippen LogP contribution in [-0.4, -0.2) is 37.8 Å². The van der Waals surface area contributed by atoms with Gasteiger partial charge >= 0.3 is 0 Å². The molecule has 1 aliphatic heterocycles. The molecule has 0 radical (unpaired) electrons. The Morgan fingerprint density at radius 2 is 1.73 bits per heavy atom. The van der Waals surface area contributed by atoms with E-state index in [0.29, 0.717) is 29.0 Å². The summed E-state index contributed by atoms with van der Waals surface area (Å²) in [5.74, 6) is 0.380. The lowest BCUT2D eigenvalue weighted by Gasteiger charge is -2.45. The fraction of sp³-hybridized carbons (Fsp3) is 0.909. The Morgan fingerprint density at radius 3 is 2.19 bits per heavy atom. The summed E-state index contributed by atoms with van der Waals surface area (Å²) in [5, 5.41) is 10.4. The summed E-state index contributed by atoms with van der Waals surface area (Å²) < 4.78 is 13.0. The van der Waals surface area contributed by atoms with E-state index in [2.05, 4.69) is 55.0 Å². The quantitative estimate of drug-likeness (QED) is 0.282. The number of rotatable bonds is 10. The topological polar surface area (TPSA) is 38.7 Å². The molecule has 3 nitrogen and oxygen atoms in total. The van der Waals surface area contributed by atoms with Crippen LogP contribution < -0.4 is 0 Å². The van der Waals surface area contributed by atoms with Crippen molar-refractivity contribution >= 4 is 8.32 Å². The lowest BCUT2D eigenvalue weighted by Crippen LogP contribution is -2.52. The van der Waals surface area contributed by atoms with Crippen LogP contribution in [0.15, 0.2) is 12.7 Å². The summed E-state index contributed by atoms with van der Waals surface area (Å²) in [7, 11) is -1.78. The van der Waals surface area contributed by atoms with E-state index in [0.717, 1.165) is 25.9 Å². The van der Waals surface area contributed by atoms with E-state index in [-0.39, 0.29) is 6.10 Å². The average Bonchev–Trinajstić information content (AvgIpc) is 2.51. The Labute approximate surface area is 163 Å². The second kappa shape index (κ2) is 9.86. The summed E-state index contributed by atoms with van der Waals surface area (Å²) in [5.41, 5.74) is 1.38. The Bertz CT molecular complexity index is 413. The Morgan fingerprint density at radius 1 is 1.19 bits per heavy atom. The molecule has 4 atom stereocenters. The molecule has 0 amide bonds. The van der Waals surface area contributed by atoms with E-state index in [1.165, 1.54) is 0 Å². The lowest BCUT2D eigenvalue weighted by atomic mass is 9.81. The summed E-state index contributed by atoms with van der Waals surface area (Å²) >= 11 is 0. The van der Waals surface area contributed by atoms with Gasteiger partial charge < -0.3 is 14.3 Å². The van der Waals surface area contributed by atoms with E-state index in [9.17, 15) is 5.11 Å². The molecule has 0 aromatic heterocycles. The number of hydrogen-bond donors (Lipinski definition) is 1. The second-order valence-electron chi connectivity index (χ2n) is 9.50. The van der Waals surface area contributed by atoms with Crippen molar-refractivity contribution in [1.29, 1.82) is 0 Å². The molecule has 154 valence electrons. The van der Waals surface area contributed by atoms with Crippen molar-refractivity contribution in [3.8, 4) is 0 Å². The Kier molecular flexibility index (Phi) is 9.05. The lowest BCUT2D eigenvalue weighted by molar-refractivity contribution is -0.200. The van der Waals surface area contributed by atoms with Gasteiger partial charge in [0.1, 0.15) is 0 Å². The second-order valence-corrected chi connectivity index (χ2v) is 15.0. The van der Waals surface area contributed by atoms with Gasteiger partial charge in [0.05, 0.1) is 17.8 Å². The first-order valence-electron chi connectivity index (χ1n) is 10.6. The zero-order valence-corrected chi connectivity index (χ0v) is 19.5. The van der Waals surface area contributed by atoms with Gasteiger partial charge in [-0.25, -0.2) is 0 Å². The maximum atomic E-state index is 10.4. The van der Waals surface area contributed by atoms with Crippen LogP contribution in [0.4, 0.5) is 0 Å². The molecule has 0 bridgehead atoms. The minimum Gasteiger partial charge on any atom is -0.416 e. The SMILES string of the molecule is C=CC[C@@]1(C)O[C@@H](CCCO[Si](C(C)C)(C(C)C)C(C)C)[C@@H](C)C[C@@H]1O. The Hall–Kier alpha value is -0.163. The predicted molar refractivity (Wildman–Crippen MR) is 114 cm³/mol. The third kappa shape index (κ3) is 5.21. The first-order chi connectivity index (χ1) is 12.0. The monoisotopic (exact) mass is 384 g/mol. The molecule has 0 aromatic carbocycles. The number of aliphatic hydroxyl groups excluding tert-OH is 1. The van der Waals surface area contributed by atoms with Crippen LogP contribution in [0.2, 0.25) is 16.6 Å². The highest BCUT2D eigenvalue weighted by Crippen LogP contribution is 2.42. The van der Waals surface area contributed by atoms with Gasteiger partial charge in [0.2, 0.25) is 0 Å². The molecular weight excluding hydrogens is 340 g/mol. The van der Waals surface area contributed by atoms with Crippen molar-refractivity contribution in [3.05, 3.63) is 12.7 Å². The molecule has 4 heteroatoms. The van der Waals surface area contributed by atoms with Crippen LogP contribution in [0.3, 0.4) is 0 Å². The van der Waals surface area contributed by atoms with Crippen molar-refractivity contribution in [2.75, 3.05) is 6.61 Å². The standard InChI is InChI=1S/C22H44O3Si/c1-10-13-22(9)21(23)15-19(8)20(25-22)12-11-14-24-26(16(2)3,17(4)5)18(6)7/h10,16-21,23H,1,11-15H2,2-9H3/t19-,20-,21-,22+/m0/s1. The summed E-state index contributed by atoms with van der Waals surface area (Å²) in [6, 6.07) is 0. The molecular formula is C22H44O3Si. The molecule has 0 aromatic rings. The maximum absolute atomic E-state index is 10.4. The van der Waals surface area contributed by atoms with Crippen LogP contribution in [0.1, 0.15) is 81.1 Å². The zero-order valence-electron chi connectivity index (χ0n) is 18.5. The van der Waals surface area contributed by atoms with Gasteiger partial charge in [-0.15, -0.1) is 6.58 Å². The number of aliphatic hydroxyl groups is 1. The van der Waals surface area contributed by atoms with Crippen molar-refractivity contribution in [3.63, 3.8) is 0 Å². The minimum absolute atomic E-state index is 0.195. The molecule has 1 rings (SSSR count). The van der Waals surface area contributed by atoms with Crippen molar-refractivity contribution in [1.82, 2.24) is 0 Å². The van der Waals surface area contributed by atoms with Crippen LogP contribution in [0.5, 0.6) is 0 Å². The molecule has 26 heavy (non-hydrogen) atoms. The van der Waals surface area contributed by atoms with Crippen LogP contribution >= 0.6 is 0 Å². The molecule has 1 aliphatic rings.